The van der Waals surface area contributed by atoms with Gasteiger partial charge in [0.05, 0.1) is 12.8 Å². The van der Waals surface area contributed by atoms with Crippen LogP contribution in [0.25, 0.3) is 11.3 Å². The summed E-state index contributed by atoms with van der Waals surface area (Å²) in [5.41, 5.74) is 1.06. The Balaban J connectivity index is 1.44. The van der Waals surface area contributed by atoms with Crippen LogP contribution in [0.3, 0.4) is 0 Å². The fourth-order valence-electron chi connectivity index (χ4n) is 2.52. The summed E-state index contributed by atoms with van der Waals surface area (Å²) in [7, 11) is 0. The lowest BCUT2D eigenvalue weighted by atomic mass is 10.1. The molecule has 13 heteroatoms. The van der Waals surface area contributed by atoms with E-state index in [0.717, 1.165) is 12.8 Å². The number of hydrogen-bond donors (Lipinski definition) is 1. The first-order chi connectivity index (χ1) is 15.3. The molecule has 9 nitrogen and oxygen atoms in total. The first kappa shape index (κ1) is 21.8. The van der Waals surface area contributed by atoms with Gasteiger partial charge >= 0.3 is 18.3 Å². The van der Waals surface area contributed by atoms with Crippen molar-refractivity contribution >= 4 is 17.7 Å². The molecule has 2 aromatic heterocycles. The molecular formula is C19H15ClF3N5O4. The Morgan fingerprint density at radius 3 is 2.62 bits per heavy atom. The second-order valence-electron chi connectivity index (χ2n) is 6.88. The Kier molecular flexibility index (Phi) is 6.12. The van der Waals surface area contributed by atoms with Gasteiger partial charge in [0.25, 0.3) is 5.82 Å². The van der Waals surface area contributed by atoms with Crippen LogP contribution in [0, 0.1) is 5.92 Å². The molecule has 1 fully saturated rings. The minimum Gasteiger partial charge on any atom is -0.489 e. The molecule has 0 radical (unpaired) electrons. The Hall–Kier alpha value is -3.41. The molecule has 0 saturated heterocycles. The van der Waals surface area contributed by atoms with E-state index >= 15 is 0 Å². The maximum atomic E-state index is 12.5. The second-order valence-corrected chi connectivity index (χ2v) is 7.32. The number of halogens is 4. The van der Waals surface area contributed by atoms with E-state index in [9.17, 15) is 18.0 Å². The summed E-state index contributed by atoms with van der Waals surface area (Å²) < 4.78 is 52.7. The summed E-state index contributed by atoms with van der Waals surface area (Å²) in [5.74, 6) is -0.976. The number of amides is 1. The predicted molar refractivity (Wildman–Crippen MR) is 103 cm³/mol. The Labute approximate surface area is 183 Å². The molecule has 1 aromatic carbocycles. The monoisotopic (exact) mass is 469 g/mol. The molecule has 4 rings (SSSR count). The van der Waals surface area contributed by atoms with Crippen molar-refractivity contribution in [1.29, 1.82) is 0 Å². The average Bonchev–Trinajstić information content (AvgIpc) is 3.45. The standard InChI is InChI=1S/C19H15ClF3N5O4/c20-12-5-3-11(4-6-12)15-13(30-9-10-1-2-10)7-24-17(27-15)31-18(29)25-8-14-26-16(28-32-14)19(21,22)23/h3-7,10H,1-2,8-9H2,(H,25,29). The Morgan fingerprint density at radius 2 is 1.97 bits per heavy atom. The summed E-state index contributed by atoms with van der Waals surface area (Å²) in [6.45, 7) is 0.0449. The summed E-state index contributed by atoms with van der Waals surface area (Å²) in [6, 6.07) is 6.53. The SMILES string of the molecule is O=C(NCc1nc(C(F)(F)F)no1)Oc1ncc(OCC2CC2)c(-c2ccc(Cl)cc2)n1. The van der Waals surface area contributed by atoms with Crippen molar-refractivity contribution in [2.75, 3.05) is 6.61 Å². The maximum absolute atomic E-state index is 12.5. The molecule has 1 amide bonds. The molecule has 1 saturated carbocycles. The van der Waals surface area contributed by atoms with Crippen molar-refractivity contribution < 1.29 is 32.0 Å². The highest BCUT2D eigenvalue weighted by atomic mass is 35.5. The van der Waals surface area contributed by atoms with Crippen LogP contribution in [0.5, 0.6) is 11.8 Å². The van der Waals surface area contributed by atoms with E-state index in [-0.39, 0.29) is 6.01 Å². The average molecular weight is 470 g/mol. The summed E-state index contributed by atoms with van der Waals surface area (Å²) in [4.78, 5) is 23.4. The largest absolute Gasteiger partial charge is 0.489 e. The smallest absolute Gasteiger partial charge is 0.455 e. The van der Waals surface area contributed by atoms with Crippen LogP contribution < -0.4 is 14.8 Å². The lowest BCUT2D eigenvalue weighted by Crippen LogP contribution is -2.27. The van der Waals surface area contributed by atoms with Gasteiger partial charge in [-0.1, -0.05) is 28.9 Å². The third-order valence-corrected chi connectivity index (χ3v) is 4.56. The molecule has 1 N–H and O–H groups in total. The Morgan fingerprint density at radius 1 is 1.22 bits per heavy atom. The van der Waals surface area contributed by atoms with E-state index in [0.29, 0.717) is 34.6 Å². The van der Waals surface area contributed by atoms with Gasteiger partial charge < -0.3 is 19.3 Å². The number of hydrogen-bond acceptors (Lipinski definition) is 8. The van der Waals surface area contributed by atoms with Crippen molar-refractivity contribution in [3.8, 4) is 23.0 Å². The highest BCUT2D eigenvalue weighted by Gasteiger charge is 2.37. The fourth-order valence-corrected chi connectivity index (χ4v) is 2.65. The molecule has 3 aromatic rings. The van der Waals surface area contributed by atoms with Crippen molar-refractivity contribution in [3.05, 3.63) is 47.2 Å². The minimum absolute atomic E-state index is 0.285. The van der Waals surface area contributed by atoms with Gasteiger partial charge in [0.2, 0.25) is 5.89 Å². The summed E-state index contributed by atoms with van der Waals surface area (Å²) in [5, 5.41) is 5.52. The van der Waals surface area contributed by atoms with Crippen molar-refractivity contribution in [2.45, 2.75) is 25.6 Å². The normalized spacial score (nSPS) is 13.6. The van der Waals surface area contributed by atoms with Gasteiger partial charge in [0, 0.05) is 10.6 Å². The number of benzene rings is 1. The van der Waals surface area contributed by atoms with E-state index in [1.165, 1.54) is 6.20 Å². The molecule has 0 aliphatic heterocycles. The van der Waals surface area contributed by atoms with Gasteiger partial charge in [0.1, 0.15) is 12.2 Å². The quantitative estimate of drug-likeness (QED) is 0.545. The zero-order valence-electron chi connectivity index (χ0n) is 16.2. The number of alkyl halides is 3. The zero-order valence-corrected chi connectivity index (χ0v) is 17.0. The van der Waals surface area contributed by atoms with Crippen LogP contribution in [0.2, 0.25) is 5.02 Å². The van der Waals surface area contributed by atoms with Crippen LogP contribution >= 0.6 is 11.6 Å². The topological polar surface area (TPSA) is 112 Å². The van der Waals surface area contributed by atoms with Gasteiger partial charge in [-0.25, -0.2) is 4.79 Å². The third-order valence-electron chi connectivity index (χ3n) is 4.31. The lowest BCUT2D eigenvalue weighted by molar-refractivity contribution is -0.146. The van der Waals surface area contributed by atoms with Crippen LogP contribution in [0.15, 0.2) is 35.0 Å². The Bertz CT molecular complexity index is 1100. The highest BCUT2D eigenvalue weighted by molar-refractivity contribution is 6.30. The number of carbonyl (C=O) groups is 1. The number of nitrogens with zero attached hydrogens (tertiary/aromatic N) is 4. The van der Waals surface area contributed by atoms with E-state index < -0.39 is 30.5 Å². The van der Waals surface area contributed by atoms with Gasteiger partial charge in [-0.15, -0.1) is 0 Å². The van der Waals surface area contributed by atoms with Crippen LogP contribution in [-0.2, 0) is 12.7 Å². The number of nitrogens with one attached hydrogen (secondary N) is 1. The van der Waals surface area contributed by atoms with E-state index in [1.54, 1.807) is 24.3 Å². The molecule has 32 heavy (non-hydrogen) atoms. The van der Waals surface area contributed by atoms with E-state index in [4.69, 9.17) is 21.1 Å². The fraction of sp³-hybridized carbons (Fsp3) is 0.316. The number of ether oxygens (including phenoxy) is 2. The van der Waals surface area contributed by atoms with Crippen LogP contribution in [-0.4, -0.2) is 32.8 Å². The zero-order chi connectivity index (χ0) is 22.7. The summed E-state index contributed by atoms with van der Waals surface area (Å²) >= 11 is 5.94. The molecule has 2 heterocycles. The van der Waals surface area contributed by atoms with Crippen molar-refractivity contribution in [2.24, 2.45) is 5.92 Å². The van der Waals surface area contributed by atoms with E-state index in [1.807, 2.05) is 0 Å². The van der Waals surface area contributed by atoms with E-state index in [2.05, 4.69) is 29.9 Å². The molecule has 1 aliphatic rings. The number of aromatic nitrogens is 4. The first-order valence-electron chi connectivity index (χ1n) is 9.39. The van der Waals surface area contributed by atoms with Crippen LogP contribution in [0.4, 0.5) is 18.0 Å². The summed E-state index contributed by atoms with van der Waals surface area (Å²) in [6.07, 6.45) is -2.19. The van der Waals surface area contributed by atoms with Gasteiger partial charge in [-0.05, 0) is 30.9 Å². The molecular weight excluding hydrogens is 455 g/mol. The third kappa shape index (κ3) is 5.63. The molecule has 168 valence electrons. The molecule has 0 bridgehead atoms. The number of carbonyl (C=O) groups excluding carboxylic acids is 1. The highest BCUT2D eigenvalue weighted by Crippen LogP contribution is 2.33. The van der Waals surface area contributed by atoms with Gasteiger partial charge in [0.15, 0.2) is 5.75 Å². The second kappa shape index (κ2) is 8.99. The van der Waals surface area contributed by atoms with Crippen molar-refractivity contribution in [3.63, 3.8) is 0 Å². The molecule has 1 aliphatic carbocycles. The lowest BCUT2D eigenvalue weighted by Gasteiger charge is -2.12. The molecule has 0 unspecified atom stereocenters. The molecule has 0 atom stereocenters. The molecule has 0 spiro atoms. The van der Waals surface area contributed by atoms with Gasteiger partial charge in [-0.3, -0.25) is 0 Å². The van der Waals surface area contributed by atoms with Crippen molar-refractivity contribution in [1.82, 2.24) is 25.4 Å². The first-order valence-corrected chi connectivity index (χ1v) is 9.77. The predicted octanol–water partition coefficient (Wildman–Crippen LogP) is 4.28. The van der Waals surface area contributed by atoms with Gasteiger partial charge in [-0.2, -0.15) is 28.1 Å². The maximum Gasteiger partial charge on any atom is 0.455 e. The van der Waals surface area contributed by atoms with Crippen LogP contribution in [0.1, 0.15) is 24.6 Å². The minimum atomic E-state index is -4.75. The number of rotatable bonds is 7.